The molecular formula is C13H16ClN3O2. The molecule has 0 spiro atoms. The van der Waals surface area contributed by atoms with Crippen LogP contribution in [-0.2, 0) is 13.2 Å². The molecule has 1 heterocycles. The third-order valence-electron chi connectivity index (χ3n) is 2.61. The van der Waals surface area contributed by atoms with E-state index in [1.54, 1.807) is 6.07 Å². The first-order chi connectivity index (χ1) is 9.11. The summed E-state index contributed by atoms with van der Waals surface area (Å²) in [4.78, 5) is 4.24. The van der Waals surface area contributed by atoms with Gasteiger partial charge in [-0.2, -0.15) is 4.98 Å². The smallest absolute Gasteiger partial charge is 0.229 e. The van der Waals surface area contributed by atoms with Crippen LogP contribution in [0.3, 0.4) is 0 Å². The fourth-order valence-corrected chi connectivity index (χ4v) is 1.82. The monoisotopic (exact) mass is 281 g/mol. The molecule has 0 aliphatic heterocycles. The van der Waals surface area contributed by atoms with E-state index < -0.39 is 0 Å². The maximum Gasteiger partial charge on any atom is 0.229 e. The predicted octanol–water partition coefficient (Wildman–Crippen LogP) is 2.88. The number of aromatic nitrogens is 2. The van der Waals surface area contributed by atoms with Gasteiger partial charge < -0.3 is 15.0 Å². The lowest BCUT2D eigenvalue weighted by molar-refractivity contribution is 0.282. The van der Waals surface area contributed by atoms with Gasteiger partial charge in [0, 0.05) is 23.0 Å². The van der Waals surface area contributed by atoms with Crippen LogP contribution in [0.1, 0.15) is 37.0 Å². The Hall–Kier alpha value is -1.59. The van der Waals surface area contributed by atoms with Crippen LogP contribution in [0.15, 0.2) is 22.7 Å². The van der Waals surface area contributed by atoms with E-state index in [2.05, 4.69) is 10.1 Å². The molecule has 5 nitrogen and oxygen atoms in total. The van der Waals surface area contributed by atoms with Crippen molar-refractivity contribution in [1.82, 2.24) is 10.1 Å². The average Bonchev–Trinajstić information content (AvgIpc) is 2.85. The Kier molecular flexibility index (Phi) is 4.39. The quantitative estimate of drug-likeness (QED) is 0.912. The summed E-state index contributed by atoms with van der Waals surface area (Å²) in [5.41, 5.74) is 6.42. The first kappa shape index (κ1) is 13.8. The molecule has 0 amide bonds. The van der Waals surface area contributed by atoms with Crippen LogP contribution in [0.4, 0.5) is 0 Å². The van der Waals surface area contributed by atoms with Gasteiger partial charge in [-0.05, 0) is 12.1 Å². The zero-order valence-electron chi connectivity index (χ0n) is 10.9. The van der Waals surface area contributed by atoms with Gasteiger partial charge in [-0.15, -0.1) is 0 Å². The summed E-state index contributed by atoms with van der Waals surface area (Å²) in [7, 11) is 0. The van der Waals surface area contributed by atoms with Crippen LogP contribution in [-0.4, -0.2) is 10.1 Å². The normalized spacial score (nSPS) is 11.0. The number of benzene rings is 1. The molecule has 19 heavy (non-hydrogen) atoms. The molecule has 102 valence electrons. The Morgan fingerprint density at radius 1 is 1.42 bits per heavy atom. The van der Waals surface area contributed by atoms with Crippen molar-refractivity contribution >= 4 is 11.6 Å². The van der Waals surface area contributed by atoms with E-state index in [1.165, 1.54) is 0 Å². The van der Waals surface area contributed by atoms with Gasteiger partial charge in [0.2, 0.25) is 11.7 Å². The Balaban J connectivity index is 2.08. The summed E-state index contributed by atoms with van der Waals surface area (Å²) in [6.45, 7) is 4.52. The van der Waals surface area contributed by atoms with Crippen LogP contribution < -0.4 is 10.5 Å². The van der Waals surface area contributed by atoms with Crippen LogP contribution in [0.5, 0.6) is 5.75 Å². The lowest BCUT2D eigenvalue weighted by Crippen LogP contribution is -2.04. The van der Waals surface area contributed by atoms with Crippen LogP contribution >= 0.6 is 11.6 Å². The molecule has 0 aliphatic carbocycles. The zero-order chi connectivity index (χ0) is 13.8. The first-order valence-corrected chi connectivity index (χ1v) is 6.42. The maximum atomic E-state index is 6.05. The number of nitrogens with two attached hydrogens (primary N) is 1. The fourth-order valence-electron chi connectivity index (χ4n) is 1.58. The molecule has 2 aromatic rings. The van der Waals surface area contributed by atoms with Gasteiger partial charge in [0.15, 0.2) is 6.61 Å². The van der Waals surface area contributed by atoms with E-state index in [0.29, 0.717) is 29.0 Å². The molecule has 0 saturated heterocycles. The number of rotatable bonds is 5. The van der Waals surface area contributed by atoms with Crippen LogP contribution in [0, 0.1) is 0 Å². The minimum Gasteiger partial charge on any atom is -0.485 e. The standard InChI is InChI=1S/C13H16ClN3O2/c1-8(2)13-16-12(17-19-13)7-18-11-5-3-4-10(14)9(11)6-15/h3-5,8H,6-7,15H2,1-2H3. The number of halogens is 1. The highest BCUT2D eigenvalue weighted by molar-refractivity contribution is 6.31. The molecule has 6 heteroatoms. The van der Waals surface area contributed by atoms with E-state index in [4.69, 9.17) is 26.6 Å². The Bertz CT molecular complexity index is 555. The van der Waals surface area contributed by atoms with Crippen LogP contribution in [0.2, 0.25) is 5.02 Å². The van der Waals surface area contributed by atoms with Crippen molar-refractivity contribution in [3.8, 4) is 5.75 Å². The minimum atomic E-state index is 0.201. The summed E-state index contributed by atoms with van der Waals surface area (Å²) >= 11 is 6.05. The molecular weight excluding hydrogens is 266 g/mol. The summed E-state index contributed by atoms with van der Waals surface area (Å²) in [6, 6.07) is 5.41. The average molecular weight is 282 g/mol. The van der Waals surface area contributed by atoms with Crippen LogP contribution in [0.25, 0.3) is 0 Å². The second-order valence-electron chi connectivity index (χ2n) is 4.41. The Morgan fingerprint density at radius 2 is 2.21 bits per heavy atom. The molecule has 2 N–H and O–H groups in total. The van der Waals surface area contributed by atoms with E-state index >= 15 is 0 Å². The third-order valence-corrected chi connectivity index (χ3v) is 2.97. The van der Waals surface area contributed by atoms with Crippen molar-refractivity contribution in [2.24, 2.45) is 5.73 Å². The highest BCUT2D eigenvalue weighted by Gasteiger charge is 2.12. The summed E-state index contributed by atoms with van der Waals surface area (Å²) in [5.74, 6) is 1.95. The summed E-state index contributed by atoms with van der Waals surface area (Å²) in [6.07, 6.45) is 0. The van der Waals surface area contributed by atoms with Gasteiger partial charge in [-0.25, -0.2) is 0 Å². The van der Waals surface area contributed by atoms with Gasteiger partial charge in [0.25, 0.3) is 0 Å². The fraction of sp³-hybridized carbons (Fsp3) is 0.385. The van der Waals surface area contributed by atoms with Crippen molar-refractivity contribution in [3.05, 3.63) is 40.5 Å². The minimum absolute atomic E-state index is 0.201. The third kappa shape index (κ3) is 3.24. The highest BCUT2D eigenvalue weighted by atomic mass is 35.5. The number of hydrogen-bond acceptors (Lipinski definition) is 5. The van der Waals surface area contributed by atoms with E-state index in [0.717, 1.165) is 5.56 Å². The van der Waals surface area contributed by atoms with Gasteiger partial charge in [0.05, 0.1) is 0 Å². The van der Waals surface area contributed by atoms with Gasteiger partial charge in [-0.3, -0.25) is 0 Å². The molecule has 1 aromatic heterocycles. The zero-order valence-corrected chi connectivity index (χ0v) is 11.6. The van der Waals surface area contributed by atoms with Crippen molar-refractivity contribution in [1.29, 1.82) is 0 Å². The van der Waals surface area contributed by atoms with E-state index in [9.17, 15) is 0 Å². The van der Waals surface area contributed by atoms with Crippen molar-refractivity contribution in [3.63, 3.8) is 0 Å². The number of ether oxygens (including phenoxy) is 1. The molecule has 0 unspecified atom stereocenters. The highest BCUT2D eigenvalue weighted by Crippen LogP contribution is 2.26. The maximum absolute atomic E-state index is 6.05. The van der Waals surface area contributed by atoms with Crippen molar-refractivity contribution in [2.75, 3.05) is 0 Å². The molecule has 2 rings (SSSR count). The summed E-state index contributed by atoms with van der Waals surface area (Å²) in [5, 5.41) is 4.45. The van der Waals surface area contributed by atoms with Gasteiger partial charge >= 0.3 is 0 Å². The Morgan fingerprint density at radius 3 is 2.84 bits per heavy atom. The predicted molar refractivity (Wildman–Crippen MR) is 72.1 cm³/mol. The van der Waals surface area contributed by atoms with Crippen molar-refractivity contribution in [2.45, 2.75) is 32.9 Å². The second-order valence-corrected chi connectivity index (χ2v) is 4.82. The molecule has 0 atom stereocenters. The lowest BCUT2D eigenvalue weighted by atomic mass is 10.2. The lowest BCUT2D eigenvalue weighted by Gasteiger charge is -2.09. The number of hydrogen-bond donors (Lipinski definition) is 1. The van der Waals surface area contributed by atoms with E-state index in [1.807, 2.05) is 26.0 Å². The molecule has 0 aliphatic rings. The number of nitrogens with zero attached hydrogens (tertiary/aromatic N) is 2. The topological polar surface area (TPSA) is 74.2 Å². The molecule has 0 saturated carbocycles. The summed E-state index contributed by atoms with van der Waals surface area (Å²) < 4.78 is 10.7. The van der Waals surface area contributed by atoms with Gasteiger partial charge in [0.1, 0.15) is 5.75 Å². The SMILES string of the molecule is CC(C)c1nc(COc2cccc(Cl)c2CN)no1. The second kappa shape index (κ2) is 6.04. The van der Waals surface area contributed by atoms with E-state index in [-0.39, 0.29) is 12.5 Å². The van der Waals surface area contributed by atoms with Gasteiger partial charge in [-0.1, -0.05) is 36.7 Å². The Labute approximate surface area is 116 Å². The molecule has 0 bridgehead atoms. The largest absolute Gasteiger partial charge is 0.485 e. The molecule has 0 fully saturated rings. The van der Waals surface area contributed by atoms with Crippen molar-refractivity contribution < 1.29 is 9.26 Å². The molecule has 1 aromatic carbocycles. The first-order valence-electron chi connectivity index (χ1n) is 6.04. The molecule has 0 radical (unpaired) electrons.